The number of benzene rings is 1. The van der Waals surface area contributed by atoms with Crippen molar-refractivity contribution < 1.29 is 9.53 Å². The van der Waals surface area contributed by atoms with Crippen molar-refractivity contribution in [3.05, 3.63) is 29.8 Å². The first kappa shape index (κ1) is 13.7. The van der Waals surface area contributed by atoms with Crippen LogP contribution < -0.4 is 4.74 Å². The van der Waals surface area contributed by atoms with E-state index in [1.807, 2.05) is 38.1 Å². The van der Waals surface area contributed by atoms with Crippen LogP contribution in [-0.4, -0.2) is 5.97 Å². The van der Waals surface area contributed by atoms with E-state index in [2.05, 4.69) is 6.92 Å². The third kappa shape index (κ3) is 5.21. The minimum atomic E-state index is -0.191. The zero-order valence-corrected chi connectivity index (χ0v) is 10.0. The van der Waals surface area contributed by atoms with Crippen molar-refractivity contribution in [2.75, 3.05) is 0 Å². The SMILES string of the molecule is CC.CCC(=O)Oc1ccc(CC)cc1. The molecular weight excluding hydrogens is 188 g/mol. The quantitative estimate of drug-likeness (QED) is 0.560. The summed E-state index contributed by atoms with van der Waals surface area (Å²) in [4.78, 5) is 10.9. The molecule has 1 aromatic rings. The number of carbonyl (C=O) groups is 1. The van der Waals surface area contributed by atoms with Gasteiger partial charge in [-0.15, -0.1) is 0 Å². The van der Waals surface area contributed by atoms with Gasteiger partial charge in [-0.1, -0.05) is 39.8 Å². The van der Waals surface area contributed by atoms with Crippen molar-refractivity contribution in [1.82, 2.24) is 0 Å². The molecule has 0 aromatic heterocycles. The van der Waals surface area contributed by atoms with E-state index in [9.17, 15) is 4.79 Å². The minimum absolute atomic E-state index is 0.191. The average molecular weight is 208 g/mol. The zero-order chi connectivity index (χ0) is 11.7. The fourth-order valence-electron chi connectivity index (χ4n) is 0.997. The Morgan fingerprint density at radius 2 is 1.67 bits per heavy atom. The monoisotopic (exact) mass is 208 g/mol. The molecule has 0 aliphatic rings. The Kier molecular flexibility index (Phi) is 7.33. The van der Waals surface area contributed by atoms with Crippen molar-refractivity contribution in [2.45, 2.75) is 40.5 Å². The van der Waals surface area contributed by atoms with Crippen molar-refractivity contribution in [2.24, 2.45) is 0 Å². The maximum absolute atomic E-state index is 10.9. The molecule has 2 heteroatoms. The molecule has 0 spiro atoms. The normalized spacial score (nSPS) is 8.80. The Labute approximate surface area is 92.3 Å². The van der Waals surface area contributed by atoms with Crippen molar-refractivity contribution in [3.8, 4) is 5.75 Å². The summed E-state index contributed by atoms with van der Waals surface area (Å²) < 4.78 is 5.02. The Morgan fingerprint density at radius 1 is 1.13 bits per heavy atom. The van der Waals surface area contributed by atoms with Crippen LogP contribution in [0.25, 0.3) is 0 Å². The van der Waals surface area contributed by atoms with E-state index in [1.54, 1.807) is 6.92 Å². The van der Waals surface area contributed by atoms with Crippen LogP contribution in [0.4, 0.5) is 0 Å². The average Bonchev–Trinajstić information content (AvgIpc) is 2.32. The van der Waals surface area contributed by atoms with Crippen LogP contribution in [0.3, 0.4) is 0 Å². The number of rotatable bonds is 3. The molecule has 15 heavy (non-hydrogen) atoms. The van der Waals surface area contributed by atoms with Crippen LogP contribution >= 0.6 is 0 Å². The summed E-state index contributed by atoms with van der Waals surface area (Å²) in [6, 6.07) is 7.59. The lowest BCUT2D eigenvalue weighted by molar-refractivity contribution is -0.134. The number of carbonyl (C=O) groups excluding carboxylic acids is 1. The Bertz CT molecular complexity index is 275. The first-order chi connectivity index (χ1) is 7.26. The minimum Gasteiger partial charge on any atom is -0.427 e. The third-order valence-electron chi connectivity index (χ3n) is 1.85. The number of hydrogen-bond acceptors (Lipinski definition) is 2. The van der Waals surface area contributed by atoms with Crippen LogP contribution in [0.1, 0.15) is 39.7 Å². The molecule has 0 saturated heterocycles. The van der Waals surface area contributed by atoms with Crippen molar-refractivity contribution >= 4 is 5.97 Å². The van der Waals surface area contributed by atoms with E-state index in [1.165, 1.54) is 5.56 Å². The molecule has 1 rings (SSSR count). The van der Waals surface area contributed by atoms with Gasteiger partial charge in [0.25, 0.3) is 0 Å². The van der Waals surface area contributed by atoms with Crippen LogP contribution in [0, 0.1) is 0 Å². The summed E-state index contributed by atoms with van der Waals surface area (Å²) in [5.74, 6) is 0.438. The molecule has 0 radical (unpaired) electrons. The highest BCUT2D eigenvalue weighted by molar-refractivity contribution is 5.71. The highest BCUT2D eigenvalue weighted by atomic mass is 16.5. The first-order valence-electron chi connectivity index (χ1n) is 5.56. The molecule has 0 unspecified atom stereocenters. The number of hydrogen-bond donors (Lipinski definition) is 0. The van der Waals surface area contributed by atoms with Gasteiger partial charge in [0.1, 0.15) is 5.75 Å². The predicted octanol–water partition coefficient (Wildman–Crippen LogP) is 3.59. The van der Waals surface area contributed by atoms with Crippen molar-refractivity contribution in [3.63, 3.8) is 0 Å². The number of esters is 1. The lowest BCUT2D eigenvalue weighted by Gasteiger charge is -2.02. The van der Waals surface area contributed by atoms with E-state index < -0.39 is 0 Å². The lowest BCUT2D eigenvalue weighted by Crippen LogP contribution is -2.05. The van der Waals surface area contributed by atoms with E-state index >= 15 is 0 Å². The van der Waals surface area contributed by atoms with Crippen LogP contribution in [-0.2, 0) is 11.2 Å². The smallest absolute Gasteiger partial charge is 0.310 e. The summed E-state index contributed by atoms with van der Waals surface area (Å²) in [6.07, 6.45) is 1.41. The molecule has 0 aliphatic carbocycles. The van der Waals surface area contributed by atoms with Gasteiger partial charge in [-0.05, 0) is 24.1 Å². The first-order valence-corrected chi connectivity index (χ1v) is 5.56. The van der Waals surface area contributed by atoms with Gasteiger partial charge in [0.2, 0.25) is 0 Å². The van der Waals surface area contributed by atoms with Gasteiger partial charge >= 0.3 is 5.97 Å². The molecule has 0 aliphatic heterocycles. The molecule has 0 atom stereocenters. The van der Waals surface area contributed by atoms with Gasteiger partial charge in [0.05, 0.1) is 0 Å². The lowest BCUT2D eigenvalue weighted by atomic mass is 10.2. The molecule has 0 fully saturated rings. The van der Waals surface area contributed by atoms with Gasteiger partial charge < -0.3 is 4.74 Å². The maximum atomic E-state index is 10.9. The second-order valence-corrected chi connectivity index (χ2v) is 2.83. The largest absolute Gasteiger partial charge is 0.427 e. The van der Waals surface area contributed by atoms with E-state index in [4.69, 9.17) is 4.74 Å². The standard InChI is InChI=1S/C11H14O2.C2H6/c1-3-9-5-7-10(8-6-9)13-11(12)4-2;1-2/h5-8H,3-4H2,1-2H3;1-2H3. The third-order valence-corrected chi connectivity index (χ3v) is 1.85. The van der Waals surface area contributed by atoms with Gasteiger partial charge in [-0.2, -0.15) is 0 Å². The fraction of sp³-hybridized carbons (Fsp3) is 0.462. The van der Waals surface area contributed by atoms with E-state index in [0.717, 1.165) is 6.42 Å². The van der Waals surface area contributed by atoms with Crippen LogP contribution in [0.15, 0.2) is 24.3 Å². The van der Waals surface area contributed by atoms with Gasteiger partial charge in [0, 0.05) is 6.42 Å². The Morgan fingerprint density at radius 3 is 2.07 bits per heavy atom. The topological polar surface area (TPSA) is 26.3 Å². The fourth-order valence-corrected chi connectivity index (χ4v) is 0.997. The Balaban J connectivity index is 0.000000921. The van der Waals surface area contributed by atoms with E-state index in [0.29, 0.717) is 12.2 Å². The maximum Gasteiger partial charge on any atom is 0.310 e. The van der Waals surface area contributed by atoms with Crippen molar-refractivity contribution in [1.29, 1.82) is 0 Å². The summed E-state index contributed by atoms with van der Waals surface area (Å²) in [6.45, 7) is 7.87. The second kappa shape index (κ2) is 8.04. The van der Waals surface area contributed by atoms with Gasteiger partial charge in [-0.3, -0.25) is 4.79 Å². The summed E-state index contributed by atoms with van der Waals surface area (Å²) >= 11 is 0. The second-order valence-electron chi connectivity index (χ2n) is 2.83. The molecule has 0 heterocycles. The van der Waals surface area contributed by atoms with Crippen LogP contribution in [0.2, 0.25) is 0 Å². The van der Waals surface area contributed by atoms with E-state index in [-0.39, 0.29) is 5.97 Å². The van der Waals surface area contributed by atoms with Gasteiger partial charge in [-0.25, -0.2) is 0 Å². The molecule has 0 amide bonds. The highest BCUT2D eigenvalue weighted by Crippen LogP contribution is 2.12. The molecule has 0 saturated carbocycles. The molecule has 0 bridgehead atoms. The number of ether oxygens (including phenoxy) is 1. The molecule has 0 N–H and O–H groups in total. The molecule has 84 valence electrons. The molecule has 2 nitrogen and oxygen atoms in total. The Hall–Kier alpha value is -1.31. The highest BCUT2D eigenvalue weighted by Gasteiger charge is 2.00. The number of aryl methyl sites for hydroxylation is 1. The summed E-state index contributed by atoms with van der Waals surface area (Å²) in [7, 11) is 0. The summed E-state index contributed by atoms with van der Waals surface area (Å²) in [5.41, 5.74) is 1.25. The summed E-state index contributed by atoms with van der Waals surface area (Å²) in [5, 5.41) is 0. The predicted molar refractivity (Wildman–Crippen MR) is 63.1 cm³/mol. The molecule has 1 aromatic carbocycles. The van der Waals surface area contributed by atoms with Gasteiger partial charge in [0.15, 0.2) is 0 Å². The molecular formula is C13H20O2. The van der Waals surface area contributed by atoms with Crippen LogP contribution in [0.5, 0.6) is 5.75 Å². The zero-order valence-electron chi connectivity index (χ0n) is 10.0.